The summed E-state index contributed by atoms with van der Waals surface area (Å²) in [6.07, 6.45) is 3.67. The van der Waals surface area contributed by atoms with Gasteiger partial charge in [-0.3, -0.25) is 4.79 Å². The molecule has 0 aliphatic heterocycles. The number of aromatic amines is 1. The molecule has 0 fully saturated rings. The lowest BCUT2D eigenvalue weighted by molar-refractivity contribution is 0.0991. The quantitative estimate of drug-likeness (QED) is 0.878. The SMILES string of the molecule is Cc1cc(Br)cc(C(=O)Cc2ncc[nH]2)c1. The van der Waals surface area contributed by atoms with Crippen molar-refractivity contribution < 1.29 is 4.79 Å². The van der Waals surface area contributed by atoms with Gasteiger partial charge in [0.1, 0.15) is 5.82 Å². The number of aromatic nitrogens is 2. The average molecular weight is 279 g/mol. The number of Topliss-reactive ketones (excluding diaryl/α,β-unsaturated/α-hetero) is 1. The third kappa shape index (κ3) is 2.58. The summed E-state index contributed by atoms with van der Waals surface area (Å²) in [6, 6.07) is 5.69. The highest BCUT2D eigenvalue weighted by atomic mass is 79.9. The predicted octanol–water partition coefficient (Wildman–Crippen LogP) is 2.91. The number of benzene rings is 1. The lowest BCUT2D eigenvalue weighted by atomic mass is 10.1. The summed E-state index contributed by atoms with van der Waals surface area (Å²) in [5.41, 5.74) is 1.78. The van der Waals surface area contributed by atoms with E-state index in [1.54, 1.807) is 12.4 Å². The number of halogens is 1. The van der Waals surface area contributed by atoms with Gasteiger partial charge in [0.05, 0.1) is 6.42 Å². The zero-order chi connectivity index (χ0) is 11.5. The predicted molar refractivity (Wildman–Crippen MR) is 65.5 cm³/mol. The molecule has 0 spiro atoms. The molecule has 1 aromatic heterocycles. The second kappa shape index (κ2) is 4.61. The molecule has 16 heavy (non-hydrogen) atoms. The van der Waals surface area contributed by atoms with Gasteiger partial charge in [-0.15, -0.1) is 0 Å². The number of carbonyl (C=O) groups is 1. The summed E-state index contributed by atoms with van der Waals surface area (Å²) in [5.74, 6) is 0.766. The van der Waals surface area contributed by atoms with Crippen molar-refractivity contribution in [1.29, 1.82) is 0 Å². The van der Waals surface area contributed by atoms with Crippen LogP contribution < -0.4 is 0 Å². The first-order valence-corrected chi connectivity index (χ1v) is 5.73. The molecule has 0 bridgehead atoms. The van der Waals surface area contributed by atoms with Crippen molar-refractivity contribution in [2.75, 3.05) is 0 Å². The molecule has 3 nitrogen and oxygen atoms in total. The Morgan fingerprint density at radius 1 is 1.44 bits per heavy atom. The fourth-order valence-corrected chi connectivity index (χ4v) is 2.15. The van der Waals surface area contributed by atoms with Crippen molar-refractivity contribution in [2.24, 2.45) is 0 Å². The Morgan fingerprint density at radius 3 is 2.88 bits per heavy atom. The Labute approximate surface area is 102 Å². The fourth-order valence-electron chi connectivity index (χ4n) is 1.55. The Balaban J connectivity index is 2.21. The number of aryl methyl sites for hydroxylation is 1. The highest BCUT2D eigenvalue weighted by Gasteiger charge is 2.09. The minimum atomic E-state index is 0.0688. The minimum absolute atomic E-state index is 0.0688. The molecule has 1 N–H and O–H groups in total. The maximum absolute atomic E-state index is 11.9. The number of nitrogens with zero attached hydrogens (tertiary/aromatic N) is 1. The zero-order valence-corrected chi connectivity index (χ0v) is 10.4. The van der Waals surface area contributed by atoms with E-state index in [1.807, 2.05) is 25.1 Å². The maximum Gasteiger partial charge on any atom is 0.170 e. The summed E-state index contributed by atoms with van der Waals surface area (Å²) in [6.45, 7) is 1.97. The van der Waals surface area contributed by atoms with Crippen LogP contribution in [0.1, 0.15) is 21.7 Å². The van der Waals surface area contributed by atoms with Gasteiger partial charge in [0, 0.05) is 22.4 Å². The molecule has 82 valence electrons. The van der Waals surface area contributed by atoms with Crippen molar-refractivity contribution in [1.82, 2.24) is 9.97 Å². The van der Waals surface area contributed by atoms with E-state index < -0.39 is 0 Å². The van der Waals surface area contributed by atoms with Crippen molar-refractivity contribution in [2.45, 2.75) is 13.3 Å². The normalized spacial score (nSPS) is 10.4. The number of hydrogen-bond acceptors (Lipinski definition) is 2. The van der Waals surface area contributed by atoms with Gasteiger partial charge in [-0.25, -0.2) is 4.98 Å². The smallest absolute Gasteiger partial charge is 0.170 e. The third-order valence-corrected chi connectivity index (χ3v) is 2.70. The maximum atomic E-state index is 11.9. The summed E-state index contributed by atoms with van der Waals surface area (Å²) in [4.78, 5) is 18.9. The van der Waals surface area contributed by atoms with Gasteiger partial charge < -0.3 is 4.98 Å². The lowest BCUT2D eigenvalue weighted by Crippen LogP contribution is -2.05. The van der Waals surface area contributed by atoms with E-state index in [9.17, 15) is 4.79 Å². The van der Waals surface area contributed by atoms with Gasteiger partial charge in [0.2, 0.25) is 0 Å². The molecular formula is C12H11BrN2O. The van der Waals surface area contributed by atoms with Gasteiger partial charge in [-0.2, -0.15) is 0 Å². The van der Waals surface area contributed by atoms with Gasteiger partial charge in [0.15, 0.2) is 5.78 Å². The lowest BCUT2D eigenvalue weighted by Gasteiger charge is -2.02. The van der Waals surface area contributed by atoms with E-state index in [-0.39, 0.29) is 5.78 Å². The number of carbonyl (C=O) groups excluding carboxylic acids is 1. The Bertz CT molecular complexity index is 485. The number of hydrogen-bond donors (Lipinski definition) is 1. The minimum Gasteiger partial charge on any atom is -0.348 e. The fraction of sp³-hybridized carbons (Fsp3) is 0.167. The van der Waals surface area contributed by atoms with Crippen molar-refractivity contribution in [3.05, 3.63) is 52.0 Å². The molecule has 0 saturated heterocycles. The first-order chi connectivity index (χ1) is 7.65. The second-order valence-corrected chi connectivity index (χ2v) is 4.57. The van der Waals surface area contributed by atoms with Crippen LogP contribution in [0.15, 0.2) is 35.1 Å². The summed E-state index contributed by atoms with van der Waals surface area (Å²) < 4.78 is 0.926. The van der Waals surface area contributed by atoms with Crippen LogP contribution in [0.3, 0.4) is 0 Å². The summed E-state index contributed by atoms with van der Waals surface area (Å²) in [7, 11) is 0. The molecule has 0 atom stereocenters. The molecule has 0 aliphatic rings. The monoisotopic (exact) mass is 278 g/mol. The summed E-state index contributed by atoms with van der Waals surface area (Å²) in [5, 5.41) is 0. The van der Waals surface area contributed by atoms with Crippen LogP contribution in [-0.4, -0.2) is 15.8 Å². The largest absolute Gasteiger partial charge is 0.348 e. The molecule has 2 rings (SSSR count). The molecule has 0 saturated carbocycles. The van der Waals surface area contributed by atoms with E-state index in [0.717, 1.165) is 10.0 Å². The van der Waals surface area contributed by atoms with Crippen LogP contribution in [0.4, 0.5) is 0 Å². The van der Waals surface area contributed by atoms with E-state index in [4.69, 9.17) is 0 Å². The topological polar surface area (TPSA) is 45.8 Å². The Morgan fingerprint density at radius 2 is 2.25 bits per heavy atom. The number of rotatable bonds is 3. The number of H-pyrrole nitrogens is 1. The highest BCUT2D eigenvalue weighted by Crippen LogP contribution is 2.16. The van der Waals surface area contributed by atoms with Gasteiger partial charge in [0.25, 0.3) is 0 Å². The van der Waals surface area contributed by atoms with Crippen LogP contribution in [-0.2, 0) is 6.42 Å². The van der Waals surface area contributed by atoms with Gasteiger partial charge in [-0.1, -0.05) is 15.9 Å². The average Bonchev–Trinajstić information content (AvgIpc) is 2.68. The molecule has 0 unspecified atom stereocenters. The van der Waals surface area contributed by atoms with Crippen LogP contribution in [0, 0.1) is 6.92 Å². The van der Waals surface area contributed by atoms with Crippen LogP contribution in [0.25, 0.3) is 0 Å². The Kier molecular flexibility index (Phi) is 3.19. The van der Waals surface area contributed by atoms with Gasteiger partial charge in [-0.05, 0) is 30.7 Å². The van der Waals surface area contributed by atoms with Crippen LogP contribution in [0.5, 0.6) is 0 Å². The van der Waals surface area contributed by atoms with Crippen molar-refractivity contribution in [3.8, 4) is 0 Å². The van der Waals surface area contributed by atoms with Crippen molar-refractivity contribution in [3.63, 3.8) is 0 Å². The molecule has 1 aromatic carbocycles. The molecule has 2 aromatic rings. The van der Waals surface area contributed by atoms with Crippen LogP contribution in [0.2, 0.25) is 0 Å². The van der Waals surface area contributed by atoms with Crippen LogP contribution >= 0.6 is 15.9 Å². The second-order valence-electron chi connectivity index (χ2n) is 3.65. The van der Waals surface area contributed by atoms with E-state index in [0.29, 0.717) is 17.8 Å². The molecule has 1 heterocycles. The van der Waals surface area contributed by atoms with E-state index in [1.165, 1.54) is 0 Å². The molecular weight excluding hydrogens is 268 g/mol. The Hall–Kier alpha value is -1.42. The molecule has 0 aliphatic carbocycles. The van der Waals surface area contributed by atoms with Gasteiger partial charge >= 0.3 is 0 Å². The molecule has 0 radical (unpaired) electrons. The standard InChI is InChI=1S/C12H11BrN2O/c1-8-4-9(6-10(13)5-8)11(16)7-12-14-2-3-15-12/h2-6H,7H2,1H3,(H,14,15). The van der Waals surface area contributed by atoms with Crippen molar-refractivity contribution >= 4 is 21.7 Å². The number of nitrogens with one attached hydrogen (secondary N) is 1. The first-order valence-electron chi connectivity index (χ1n) is 4.94. The third-order valence-electron chi connectivity index (χ3n) is 2.25. The summed E-state index contributed by atoms with van der Waals surface area (Å²) >= 11 is 3.38. The zero-order valence-electron chi connectivity index (χ0n) is 8.83. The van der Waals surface area contributed by atoms with E-state index in [2.05, 4.69) is 25.9 Å². The first kappa shape index (κ1) is 11.1. The molecule has 0 amide bonds. The molecule has 4 heteroatoms. The number of ketones is 1. The van der Waals surface area contributed by atoms with E-state index >= 15 is 0 Å². The number of imidazole rings is 1. The highest BCUT2D eigenvalue weighted by molar-refractivity contribution is 9.10.